The van der Waals surface area contributed by atoms with Gasteiger partial charge in [-0.05, 0) is 35.9 Å². The fraction of sp³-hybridized carbons (Fsp3) is 0.368. The first kappa shape index (κ1) is 19.6. The third-order valence-corrected chi connectivity index (χ3v) is 5.37. The second-order valence-electron chi connectivity index (χ2n) is 6.51. The maximum Gasteiger partial charge on any atom is 0.0478 e. The number of piperazine rings is 1. The van der Waals surface area contributed by atoms with Crippen molar-refractivity contribution in [2.24, 2.45) is 0 Å². The maximum absolute atomic E-state index is 6.06. The predicted molar refractivity (Wildman–Crippen MR) is 106 cm³/mol. The van der Waals surface area contributed by atoms with E-state index >= 15 is 0 Å². The van der Waals surface area contributed by atoms with Gasteiger partial charge in [0.05, 0.1) is 0 Å². The summed E-state index contributed by atoms with van der Waals surface area (Å²) in [4.78, 5) is 5.10. The van der Waals surface area contributed by atoms with Crippen LogP contribution in [-0.4, -0.2) is 43.0 Å². The molecule has 0 bridgehead atoms. The van der Waals surface area contributed by atoms with Gasteiger partial charge in [0.2, 0.25) is 0 Å². The van der Waals surface area contributed by atoms with Crippen molar-refractivity contribution in [1.82, 2.24) is 9.80 Å². The first-order chi connectivity index (χ1) is 10.7. The van der Waals surface area contributed by atoms with E-state index in [1.165, 1.54) is 16.7 Å². The van der Waals surface area contributed by atoms with Crippen LogP contribution in [0.5, 0.6) is 0 Å². The van der Waals surface area contributed by atoms with Gasteiger partial charge in [0, 0.05) is 43.2 Å². The SMILES string of the molecule is CN1CCN2C[C@H](c3ccc(Cl)cc3)c3ccccc3[C@@H]2C1.Cl.Cl. The van der Waals surface area contributed by atoms with Crippen molar-refractivity contribution in [2.45, 2.75) is 12.0 Å². The Kier molecular flexibility index (Phi) is 6.58. The van der Waals surface area contributed by atoms with Gasteiger partial charge in [0.15, 0.2) is 0 Å². The minimum atomic E-state index is 0. The Morgan fingerprint density at radius 3 is 2.25 bits per heavy atom. The van der Waals surface area contributed by atoms with Crippen LogP contribution >= 0.6 is 36.4 Å². The fourth-order valence-corrected chi connectivity index (χ4v) is 4.04. The van der Waals surface area contributed by atoms with E-state index in [9.17, 15) is 0 Å². The van der Waals surface area contributed by atoms with Gasteiger partial charge >= 0.3 is 0 Å². The second kappa shape index (κ2) is 8.07. The quantitative estimate of drug-likeness (QED) is 0.707. The van der Waals surface area contributed by atoms with Crippen LogP contribution in [0.25, 0.3) is 0 Å². The maximum atomic E-state index is 6.06. The molecule has 2 aromatic carbocycles. The molecule has 2 aliphatic heterocycles. The van der Waals surface area contributed by atoms with Crippen LogP contribution in [0.1, 0.15) is 28.7 Å². The first-order valence-corrected chi connectivity index (χ1v) is 8.37. The Morgan fingerprint density at radius 2 is 1.54 bits per heavy atom. The lowest BCUT2D eigenvalue weighted by Crippen LogP contribution is -2.50. The molecule has 1 fully saturated rings. The van der Waals surface area contributed by atoms with Gasteiger partial charge in [-0.2, -0.15) is 0 Å². The topological polar surface area (TPSA) is 6.48 Å². The molecule has 0 aliphatic carbocycles. The average Bonchev–Trinajstić information content (AvgIpc) is 2.55. The summed E-state index contributed by atoms with van der Waals surface area (Å²) in [5, 5.41) is 0.810. The molecule has 130 valence electrons. The molecule has 0 amide bonds. The zero-order chi connectivity index (χ0) is 15.1. The summed E-state index contributed by atoms with van der Waals surface area (Å²) >= 11 is 6.06. The Balaban J connectivity index is 0.00000104. The molecule has 2 aliphatic rings. The smallest absolute Gasteiger partial charge is 0.0478 e. The van der Waals surface area contributed by atoms with Crippen LogP contribution in [-0.2, 0) is 0 Å². The molecule has 2 heterocycles. The monoisotopic (exact) mass is 384 g/mol. The minimum Gasteiger partial charge on any atom is -0.303 e. The molecule has 0 N–H and O–H groups in total. The van der Waals surface area contributed by atoms with Crippen LogP contribution < -0.4 is 0 Å². The van der Waals surface area contributed by atoms with Gasteiger partial charge in [0.1, 0.15) is 0 Å². The van der Waals surface area contributed by atoms with Crippen molar-refractivity contribution in [1.29, 1.82) is 0 Å². The molecule has 2 nitrogen and oxygen atoms in total. The van der Waals surface area contributed by atoms with E-state index < -0.39 is 0 Å². The molecule has 0 spiro atoms. The molecule has 2 atom stereocenters. The average molecular weight is 386 g/mol. The zero-order valence-corrected chi connectivity index (χ0v) is 16.1. The third-order valence-electron chi connectivity index (χ3n) is 5.11. The minimum absolute atomic E-state index is 0. The van der Waals surface area contributed by atoms with Crippen molar-refractivity contribution in [3.05, 3.63) is 70.2 Å². The van der Waals surface area contributed by atoms with Gasteiger partial charge in [-0.25, -0.2) is 0 Å². The van der Waals surface area contributed by atoms with Crippen molar-refractivity contribution in [3.63, 3.8) is 0 Å². The van der Waals surface area contributed by atoms with Gasteiger partial charge in [-0.15, -0.1) is 24.8 Å². The number of halogens is 3. The van der Waals surface area contributed by atoms with Crippen LogP contribution in [0, 0.1) is 0 Å². The molecule has 0 saturated carbocycles. The van der Waals surface area contributed by atoms with Gasteiger partial charge in [-0.3, -0.25) is 4.90 Å². The summed E-state index contributed by atoms with van der Waals surface area (Å²) in [6, 6.07) is 17.9. The van der Waals surface area contributed by atoms with Crippen molar-refractivity contribution >= 4 is 36.4 Å². The summed E-state index contributed by atoms with van der Waals surface area (Å²) in [5.41, 5.74) is 4.36. The van der Waals surface area contributed by atoms with Crippen LogP contribution in [0.4, 0.5) is 0 Å². The number of hydrogen-bond acceptors (Lipinski definition) is 2. The summed E-state index contributed by atoms with van der Waals surface area (Å²) in [5.74, 6) is 0.452. The van der Waals surface area contributed by atoms with Crippen molar-refractivity contribution in [3.8, 4) is 0 Å². The molecule has 5 heteroatoms. The van der Waals surface area contributed by atoms with E-state index in [1.807, 2.05) is 12.1 Å². The summed E-state index contributed by atoms with van der Waals surface area (Å²) < 4.78 is 0. The molecule has 2 aromatic rings. The Hall–Kier alpha value is -0.770. The van der Waals surface area contributed by atoms with Gasteiger partial charge in [0.25, 0.3) is 0 Å². The summed E-state index contributed by atoms with van der Waals surface area (Å²) in [6.45, 7) is 4.55. The molecule has 24 heavy (non-hydrogen) atoms. The lowest BCUT2D eigenvalue weighted by Gasteiger charge is -2.46. The van der Waals surface area contributed by atoms with E-state index in [0.717, 1.165) is 31.2 Å². The standard InChI is InChI=1S/C19H21ClN2.2ClH/c1-21-10-11-22-12-18(14-6-8-15(20)9-7-14)16-4-2-3-5-17(16)19(22)13-21;;/h2-9,18-19H,10-13H2,1H3;2*1H/t18-,19+;;/m1../s1. The third kappa shape index (κ3) is 3.58. The molecule has 0 radical (unpaired) electrons. The molecule has 4 rings (SSSR count). The molecule has 1 saturated heterocycles. The van der Waals surface area contributed by atoms with E-state index in [1.54, 1.807) is 0 Å². The van der Waals surface area contributed by atoms with Gasteiger partial charge in [-0.1, -0.05) is 48.0 Å². The highest BCUT2D eigenvalue weighted by Gasteiger charge is 2.36. The predicted octanol–water partition coefficient (Wildman–Crippen LogP) is 4.62. The van der Waals surface area contributed by atoms with E-state index in [-0.39, 0.29) is 24.8 Å². The fourth-order valence-electron chi connectivity index (χ4n) is 3.92. The highest BCUT2D eigenvalue weighted by molar-refractivity contribution is 6.30. The Labute approximate surface area is 161 Å². The zero-order valence-electron chi connectivity index (χ0n) is 13.7. The largest absolute Gasteiger partial charge is 0.303 e. The van der Waals surface area contributed by atoms with Crippen LogP contribution in [0.15, 0.2) is 48.5 Å². The highest BCUT2D eigenvalue weighted by Crippen LogP contribution is 2.40. The van der Waals surface area contributed by atoms with Crippen LogP contribution in [0.2, 0.25) is 5.02 Å². The lowest BCUT2D eigenvalue weighted by atomic mass is 9.80. The normalized spacial score (nSPS) is 23.4. The number of nitrogens with zero attached hydrogens (tertiary/aromatic N) is 2. The Morgan fingerprint density at radius 1 is 0.875 bits per heavy atom. The van der Waals surface area contributed by atoms with Crippen LogP contribution in [0.3, 0.4) is 0 Å². The summed E-state index contributed by atoms with van der Waals surface area (Å²) in [7, 11) is 2.23. The number of hydrogen-bond donors (Lipinski definition) is 0. The van der Waals surface area contributed by atoms with Crippen molar-refractivity contribution in [2.75, 3.05) is 33.2 Å². The van der Waals surface area contributed by atoms with Gasteiger partial charge < -0.3 is 4.90 Å². The number of likely N-dealkylation sites (N-methyl/N-ethyl adjacent to an activating group) is 1. The van der Waals surface area contributed by atoms with E-state index in [4.69, 9.17) is 11.6 Å². The number of fused-ring (bicyclic) bond motifs is 3. The molecule has 0 unspecified atom stereocenters. The van der Waals surface area contributed by atoms with E-state index in [2.05, 4.69) is 53.2 Å². The van der Waals surface area contributed by atoms with Crippen molar-refractivity contribution < 1.29 is 0 Å². The molecule has 0 aromatic heterocycles. The first-order valence-electron chi connectivity index (χ1n) is 7.99. The Bertz CT molecular complexity index is 675. The number of benzene rings is 2. The molecular formula is C19H23Cl3N2. The summed E-state index contributed by atoms with van der Waals surface area (Å²) in [6.07, 6.45) is 0. The van der Waals surface area contributed by atoms with E-state index in [0.29, 0.717) is 12.0 Å². The number of rotatable bonds is 1. The molecular weight excluding hydrogens is 363 g/mol. The highest BCUT2D eigenvalue weighted by atomic mass is 35.5. The second-order valence-corrected chi connectivity index (χ2v) is 6.94. The lowest BCUT2D eigenvalue weighted by molar-refractivity contribution is 0.0772.